The van der Waals surface area contributed by atoms with Gasteiger partial charge < -0.3 is 25.5 Å². The summed E-state index contributed by atoms with van der Waals surface area (Å²) in [7, 11) is 1.81. The molecule has 0 atom stereocenters. The third kappa shape index (κ3) is 4.20. The second-order valence-electron chi connectivity index (χ2n) is 9.06. The minimum absolute atomic E-state index is 0.0697. The van der Waals surface area contributed by atoms with Crippen molar-refractivity contribution >= 4 is 44.3 Å². The Morgan fingerprint density at radius 1 is 0.944 bits per heavy atom. The Labute approximate surface area is 208 Å². The number of carbonyl (C=O) groups excluding carboxylic acids is 1. The Morgan fingerprint density at radius 3 is 2.39 bits per heavy atom. The van der Waals surface area contributed by atoms with Crippen molar-refractivity contribution in [3.63, 3.8) is 0 Å². The quantitative estimate of drug-likeness (QED) is 0.301. The van der Waals surface area contributed by atoms with Gasteiger partial charge in [-0.15, -0.1) is 0 Å². The molecule has 0 aliphatic carbocycles. The topological polar surface area (TPSA) is 111 Å². The van der Waals surface area contributed by atoms with Gasteiger partial charge in [-0.2, -0.15) is 0 Å². The molecule has 0 radical (unpaired) electrons. The minimum Gasteiger partial charge on any atom is -0.396 e. The lowest BCUT2D eigenvalue weighted by Crippen LogP contribution is -2.36. The Morgan fingerprint density at radius 2 is 1.67 bits per heavy atom. The molecule has 0 aliphatic rings. The fraction of sp³-hybridized carbons (Fsp3) is 0.250. The summed E-state index contributed by atoms with van der Waals surface area (Å²) in [6.45, 7) is 7.58. The van der Waals surface area contributed by atoms with Crippen molar-refractivity contribution in [3.05, 3.63) is 70.5 Å². The molecule has 0 spiro atoms. The van der Waals surface area contributed by atoms with Gasteiger partial charge in [0.2, 0.25) is 0 Å². The summed E-state index contributed by atoms with van der Waals surface area (Å²) in [6.07, 6.45) is 0. The number of fused-ring (bicyclic) bond motifs is 3. The highest BCUT2D eigenvalue weighted by Gasteiger charge is 2.19. The molecule has 1 amide bonds. The van der Waals surface area contributed by atoms with E-state index in [2.05, 4.69) is 33.7 Å². The summed E-state index contributed by atoms with van der Waals surface area (Å²) < 4.78 is 0. The number of anilines is 1. The third-order valence-electron chi connectivity index (χ3n) is 6.87. The van der Waals surface area contributed by atoms with Crippen LogP contribution >= 0.6 is 0 Å². The summed E-state index contributed by atoms with van der Waals surface area (Å²) in [5, 5.41) is 2.75. The molecule has 8 nitrogen and oxygen atoms in total. The van der Waals surface area contributed by atoms with E-state index in [9.17, 15) is 9.59 Å². The Hall–Kier alpha value is -4.17. The summed E-state index contributed by atoms with van der Waals surface area (Å²) >= 11 is 0. The second-order valence-corrected chi connectivity index (χ2v) is 9.06. The fourth-order valence-electron chi connectivity index (χ4n) is 4.63. The molecule has 5 aromatic rings. The molecule has 0 fully saturated rings. The smallest absolute Gasteiger partial charge is 0.276 e. The van der Waals surface area contributed by atoms with E-state index in [1.807, 2.05) is 49.5 Å². The van der Waals surface area contributed by atoms with Gasteiger partial charge in [-0.25, -0.2) is 4.98 Å². The molecular weight excluding hydrogens is 452 g/mol. The van der Waals surface area contributed by atoms with Crippen LogP contribution in [0.25, 0.3) is 44.1 Å². The lowest BCUT2D eigenvalue weighted by Gasteiger charge is -2.23. The summed E-state index contributed by atoms with van der Waals surface area (Å²) in [5.74, 6) is -0.0697. The molecule has 5 rings (SSSR count). The SMILES string of the molecule is CCN(CC)CCN(C)C(=O)c1ccc2[nH]c(-c3nc4cc5ccccc5cc4[nH]c3=O)c(N)c2c1. The van der Waals surface area contributed by atoms with Crippen LogP contribution in [0.15, 0.2) is 59.4 Å². The average Bonchev–Trinajstić information content (AvgIpc) is 3.22. The van der Waals surface area contributed by atoms with Crippen LogP contribution in [-0.2, 0) is 0 Å². The lowest BCUT2D eigenvalue weighted by molar-refractivity contribution is 0.0780. The summed E-state index contributed by atoms with van der Waals surface area (Å²) in [6, 6.07) is 17.2. The fourth-order valence-corrected chi connectivity index (χ4v) is 4.63. The number of hydrogen-bond donors (Lipinski definition) is 3. The van der Waals surface area contributed by atoms with Crippen molar-refractivity contribution in [2.45, 2.75) is 13.8 Å². The molecule has 3 aromatic carbocycles. The number of likely N-dealkylation sites (N-methyl/N-ethyl adjacent to an activating group) is 2. The third-order valence-corrected chi connectivity index (χ3v) is 6.87. The van der Waals surface area contributed by atoms with Gasteiger partial charge in [0.15, 0.2) is 5.69 Å². The number of hydrogen-bond acceptors (Lipinski definition) is 5. The van der Waals surface area contributed by atoms with E-state index in [0.717, 1.165) is 35.9 Å². The number of benzene rings is 3. The number of nitrogens with one attached hydrogen (secondary N) is 2. The molecule has 0 unspecified atom stereocenters. The minimum atomic E-state index is -0.330. The zero-order chi connectivity index (χ0) is 25.4. The zero-order valence-electron chi connectivity index (χ0n) is 20.8. The number of carbonyl (C=O) groups is 1. The largest absolute Gasteiger partial charge is 0.396 e. The Bertz CT molecular complexity index is 1650. The van der Waals surface area contributed by atoms with Gasteiger partial charge in [-0.05, 0) is 54.2 Å². The van der Waals surface area contributed by atoms with E-state index >= 15 is 0 Å². The first-order chi connectivity index (χ1) is 17.4. The van der Waals surface area contributed by atoms with E-state index in [-0.39, 0.29) is 17.2 Å². The van der Waals surface area contributed by atoms with Gasteiger partial charge in [-0.1, -0.05) is 38.1 Å². The first kappa shape index (κ1) is 23.6. The normalized spacial score (nSPS) is 11.7. The lowest BCUT2D eigenvalue weighted by atomic mass is 10.1. The number of nitrogen functional groups attached to an aromatic ring is 1. The molecule has 0 saturated carbocycles. The van der Waals surface area contributed by atoms with Crippen molar-refractivity contribution in [1.29, 1.82) is 0 Å². The van der Waals surface area contributed by atoms with Crippen LogP contribution in [0.4, 0.5) is 5.69 Å². The van der Waals surface area contributed by atoms with Crippen LogP contribution in [0, 0.1) is 0 Å². The van der Waals surface area contributed by atoms with Crippen LogP contribution in [0.2, 0.25) is 0 Å². The number of aromatic nitrogens is 3. The van der Waals surface area contributed by atoms with Crippen molar-refractivity contribution in [2.75, 3.05) is 39.0 Å². The van der Waals surface area contributed by atoms with Crippen LogP contribution < -0.4 is 11.3 Å². The molecule has 184 valence electrons. The summed E-state index contributed by atoms with van der Waals surface area (Å²) in [5.41, 5.74) is 9.85. The van der Waals surface area contributed by atoms with E-state index < -0.39 is 0 Å². The van der Waals surface area contributed by atoms with Crippen molar-refractivity contribution in [3.8, 4) is 11.4 Å². The molecule has 0 aliphatic heterocycles. The van der Waals surface area contributed by atoms with Gasteiger partial charge in [0.25, 0.3) is 11.5 Å². The Kier molecular flexibility index (Phi) is 6.20. The molecule has 4 N–H and O–H groups in total. The number of aromatic amines is 2. The first-order valence-electron chi connectivity index (χ1n) is 12.2. The number of H-pyrrole nitrogens is 2. The standard InChI is InChI=1S/C28H30N6O2/c1-4-34(5-2)13-12-33(3)28(36)19-10-11-21-20(14-19)24(29)25(30-21)26-27(35)32-23-16-18-9-7-6-8-17(18)15-22(23)31-26/h6-11,14-16,30H,4-5,12-13,29H2,1-3H3,(H,32,35). The van der Waals surface area contributed by atoms with Crippen LogP contribution in [0.3, 0.4) is 0 Å². The van der Waals surface area contributed by atoms with Gasteiger partial charge in [0, 0.05) is 36.6 Å². The van der Waals surface area contributed by atoms with Crippen LogP contribution in [0.1, 0.15) is 24.2 Å². The Balaban J connectivity index is 1.50. The predicted octanol–water partition coefficient (Wildman–Crippen LogP) is 4.22. The summed E-state index contributed by atoms with van der Waals surface area (Å²) in [4.78, 5) is 40.9. The second kappa shape index (κ2) is 9.47. The highest BCUT2D eigenvalue weighted by atomic mass is 16.2. The predicted molar refractivity (Wildman–Crippen MR) is 146 cm³/mol. The van der Waals surface area contributed by atoms with E-state index in [1.54, 1.807) is 17.0 Å². The van der Waals surface area contributed by atoms with Crippen molar-refractivity contribution < 1.29 is 4.79 Å². The maximum Gasteiger partial charge on any atom is 0.276 e. The highest BCUT2D eigenvalue weighted by molar-refractivity contribution is 6.05. The van der Waals surface area contributed by atoms with Gasteiger partial charge >= 0.3 is 0 Å². The van der Waals surface area contributed by atoms with Gasteiger partial charge in [-0.3, -0.25) is 9.59 Å². The number of rotatable bonds is 7. The maximum atomic E-state index is 13.1. The average molecular weight is 483 g/mol. The number of amides is 1. The van der Waals surface area contributed by atoms with Gasteiger partial charge in [0.1, 0.15) is 0 Å². The van der Waals surface area contributed by atoms with Crippen LogP contribution in [0.5, 0.6) is 0 Å². The van der Waals surface area contributed by atoms with Crippen molar-refractivity contribution in [2.24, 2.45) is 0 Å². The van der Waals surface area contributed by atoms with E-state index in [4.69, 9.17) is 5.73 Å². The molecule has 2 heterocycles. The molecule has 0 saturated heterocycles. The zero-order valence-corrected chi connectivity index (χ0v) is 20.8. The van der Waals surface area contributed by atoms with Gasteiger partial charge in [0.05, 0.1) is 22.4 Å². The molecule has 36 heavy (non-hydrogen) atoms. The number of nitrogens with zero attached hydrogens (tertiary/aromatic N) is 3. The molecule has 8 heteroatoms. The number of nitrogens with two attached hydrogens (primary N) is 1. The molecule has 0 bridgehead atoms. The van der Waals surface area contributed by atoms with Crippen LogP contribution in [-0.4, -0.2) is 63.9 Å². The van der Waals surface area contributed by atoms with E-state index in [1.165, 1.54) is 0 Å². The molecule has 2 aromatic heterocycles. The first-order valence-corrected chi connectivity index (χ1v) is 12.2. The van der Waals surface area contributed by atoms with E-state index in [0.29, 0.717) is 39.9 Å². The van der Waals surface area contributed by atoms with Crippen molar-refractivity contribution in [1.82, 2.24) is 24.8 Å². The maximum absolute atomic E-state index is 13.1. The monoisotopic (exact) mass is 482 g/mol. The highest BCUT2D eigenvalue weighted by Crippen LogP contribution is 2.32. The molecular formula is C28H30N6O2.